The van der Waals surface area contributed by atoms with Gasteiger partial charge in [-0.1, -0.05) is 31.4 Å². The van der Waals surface area contributed by atoms with Crippen molar-refractivity contribution in [2.75, 3.05) is 0 Å². The normalized spacial score (nSPS) is 13.2. The van der Waals surface area contributed by atoms with Crippen molar-refractivity contribution >= 4 is 12.6 Å². The molecule has 0 aliphatic carbocycles. The summed E-state index contributed by atoms with van der Waals surface area (Å²) in [5.41, 5.74) is 0. The van der Waals surface area contributed by atoms with Crippen molar-refractivity contribution < 1.29 is 0 Å². The monoisotopic (exact) mass is 185 g/mol. The molecule has 1 aromatic rings. The van der Waals surface area contributed by atoms with Crippen LogP contribution in [0.2, 0.25) is 0 Å². The number of unbranched alkanes of at least 4 members (excludes halogenated alkanes) is 2. The van der Waals surface area contributed by atoms with E-state index in [0.717, 1.165) is 6.42 Å². The minimum Gasteiger partial charge on any atom is -0.240 e. The maximum atomic E-state index is 4.42. The van der Waals surface area contributed by atoms with Crippen LogP contribution in [-0.4, -0.2) is 15.0 Å². The van der Waals surface area contributed by atoms with Crippen LogP contribution >= 0.6 is 12.6 Å². The van der Waals surface area contributed by atoms with Crippen molar-refractivity contribution in [2.24, 2.45) is 0 Å². The Morgan fingerprint density at radius 1 is 1.50 bits per heavy atom. The van der Waals surface area contributed by atoms with E-state index in [0.29, 0.717) is 0 Å². The predicted octanol–water partition coefficient (Wildman–Crippen LogP) is 2.29. The lowest BCUT2D eigenvalue weighted by Gasteiger charge is -2.08. The fraction of sp³-hybridized carbons (Fsp3) is 0.750. The van der Waals surface area contributed by atoms with Gasteiger partial charge >= 0.3 is 0 Å². The van der Waals surface area contributed by atoms with Gasteiger partial charge in [0.05, 0.1) is 11.6 Å². The molecule has 1 aromatic heterocycles. The van der Waals surface area contributed by atoms with Gasteiger partial charge in [0.15, 0.2) is 0 Å². The molecule has 0 aromatic carbocycles. The van der Waals surface area contributed by atoms with Crippen molar-refractivity contribution in [3.8, 4) is 0 Å². The largest absolute Gasteiger partial charge is 0.240 e. The molecule has 0 bridgehead atoms. The second-order valence-corrected chi connectivity index (χ2v) is 3.46. The summed E-state index contributed by atoms with van der Waals surface area (Å²) in [6.07, 6.45) is 8.33. The molecule has 1 heterocycles. The maximum absolute atomic E-state index is 4.42. The zero-order valence-electron chi connectivity index (χ0n) is 7.35. The van der Waals surface area contributed by atoms with E-state index in [9.17, 15) is 0 Å². The van der Waals surface area contributed by atoms with Crippen LogP contribution in [0.3, 0.4) is 0 Å². The van der Waals surface area contributed by atoms with Gasteiger partial charge in [-0.2, -0.15) is 12.6 Å². The third-order valence-electron chi connectivity index (χ3n) is 1.81. The standard InChI is InChI=1S/C8H15N3S/c1-2-3-4-5-8(12)11-7-6-9-10-11/h6-8,12H,2-5H2,1H3. The third kappa shape index (κ3) is 2.85. The fourth-order valence-corrected chi connectivity index (χ4v) is 1.39. The van der Waals surface area contributed by atoms with Crippen LogP contribution in [0.25, 0.3) is 0 Å². The van der Waals surface area contributed by atoms with Crippen molar-refractivity contribution in [3.63, 3.8) is 0 Å². The lowest BCUT2D eigenvalue weighted by atomic mass is 10.2. The molecule has 1 unspecified atom stereocenters. The van der Waals surface area contributed by atoms with Crippen molar-refractivity contribution in [1.29, 1.82) is 0 Å². The Labute approximate surface area is 78.6 Å². The Morgan fingerprint density at radius 2 is 2.33 bits per heavy atom. The second-order valence-electron chi connectivity index (χ2n) is 2.86. The molecule has 3 nitrogen and oxygen atoms in total. The van der Waals surface area contributed by atoms with E-state index in [1.165, 1.54) is 19.3 Å². The van der Waals surface area contributed by atoms with Gasteiger partial charge < -0.3 is 0 Å². The molecule has 0 spiro atoms. The van der Waals surface area contributed by atoms with Crippen LogP contribution < -0.4 is 0 Å². The average Bonchev–Trinajstić information content (AvgIpc) is 2.56. The van der Waals surface area contributed by atoms with Gasteiger partial charge in [-0.3, -0.25) is 0 Å². The van der Waals surface area contributed by atoms with Crippen LogP contribution in [0.1, 0.15) is 38.0 Å². The van der Waals surface area contributed by atoms with E-state index >= 15 is 0 Å². The first kappa shape index (κ1) is 9.58. The molecule has 0 fully saturated rings. The summed E-state index contributed by atoms with van der Waals surface area (Å²) >= 11 is 4.42. The molecule has 1 rings (SSSR count). The van der Waals surface area contributed by atoms with Gasteiger partial charge in [-0.05, 0) is 6.42 Å². The maximum Gasteiger partial charge on any atom is 0.0960 e. The van der Waals surface area contributed by atoms with Crippen LogP contribution in [0.5, 0.6) is 0 Å². The van der Waals surface area contributed by atoms with E-state index in [1.54, 1.807) is 10.9 Å². The number of hydrogen-bond acceptors (Lipinski definition) is 3. The summed E-state index contributed by atoms with van der Waals surface area (Å²) in [5.74, 6) is 0. The smallest absolute Gasteiger partial charge is 0.0960 e. The van der Waals surface area contributed by atoms with Crippen molar-refractivity contribution in [1.82, 2.24) is 15.0 Å². The van der Waals surface area contributed by atoms with Crippen LogP contribution in [0, 0.1) is 0 Å². The Hall–Kier alpha value is -0.510. The highest BCUT2D eigenvalue weighted by atomic mass is 32.1. The summed E-state index contributed by atoms with van der Waals surface area (Å²) in [5, 5.41) is 7.81. The van der Waals surface area contributed by atoms with Crippen LogP contribution in [-0.2, 0) is 0 Å². The summed E-state index contributed by atoms with van der Waals surface area (Å²) in [4.78, 5) is 0. The van der Waals surface area contributed by atoms with Gasteiger partial charge in [0, 0.05) is 6.20 Å². The highest BCUT2D eigenvalue weighted by Gasteiger charge is 2.04. The topological polar surface area (TPSA) is 30.7 Å². The first-order valence-electron chi connectivity index (χ1n) is 4.38. The summed E-state index contributed by atoms with van der Waals surface area (Å²) in [7, 11) is 0. The number of hydrogen-bond donors (Lipinski definition) is 1. The molecule has 0 saturated heterocycles. The molecular formula is C8H15N3S. The van der Waals surface area contributed by atoms with E-state index in [-0.39, 0.29) is 5.37 Å². The molecular weight excluding hydrogens is 170 g/mol. The summed E-state index contributed by atoms with van der Waals surface area (Å²) in [6.45, 7) is 2.20. The first-order valence-corrected chi connectivity index (χ1v) is 4.90. The van der Waals surface area contributed by atoms with Crippen LogP contribution in [0.15, 0.2) is 12.4 Å². The molecule has 1 atom stereocenters. The minimum atomic E-state index is 0.194. The van der Waals surface area contributed by atoms with Gasteiger partial charge in [-0.25, -0.2) is 4.68 Å². The summed E-state index contributed by atoms with van der Waals surface area (Å²) < 4.78 is 1.79. The number of rotatable bonds is 5. The summed E-state index contributed by atoms with van der Waals surface area (Å²) in [6, 6.07) is 0. The molecule has 12 heavy (non-hydrogen) atoms. The lowest BCUT2D eigenvalue weighted by Crippen LogP contribution is -2.03. The molecule has 4 heteroatoms. The Balaban J connectivity index is 2.25. The molecule has 0 aliphatic heterocycles. The molecule has 0 radical (unpaired) electrons. The Morgan fingerprint density at radius 3 is 2.92 bits per heavy atom. The zero-order valence-corrected chi connectivity index (χ0v) is 8.24. The van der Waals surface area contributed by atoms with Crippen molar-refractivity contribution in [3.05, 3.63) is 12.4 Å². The van der Waals surface area contributed by atoms with Gasteiger partial charge in [0.1, 0.15) is 0 Å². The molecule has 0 amide bonds. The number of aromatic nitrogens is 3. The zero-order chi connectivity index (χ0) is 8.81. The van der Waals surface area contributed by atoms with E-state index in [4.69, 9.17) is 0 Å². The molecule has 0 aliphatic rings. The first-order chi connectivity index (χ1) is 5.84. The third-order valence-corrected chi connectivity index (χ3v) is 2.31. The molecule has 68 valence electrons. The van der Waals surface area contributed by atoms with E-state index in [1.807, 2.05) is 6.20 Å². The quantitative estimate of drug-likeness (QED) is 0.563. The van der Waals surface area contributed by atoms with Gasteiger partial charge in [0.25, 0.3) is 0 Å². The Kier molecular flexibility index (Phi) is 4.14. The molecule has 0 N–H and O–H groups in total. The average molecular weight is 185 g/mol. The fourth-order valence-electron chi connectivity index (χ4n) is 1.09. The second kappa shape index (κ2) is 5.19. The van der Waals surface area contributed by atoms with E-state index < -0.39 is 0 Å². The molecule has 0 saturated carbocycles. The van der Waals surface area contributed by atoms with Crippen molar-refractivity contribution in [2.45, 2.75) is 38.0 Å². The minimum absolute atomic E-state index is 0.194. The highest BCUT2D eigenvalue weighted by Crippen LogP contribution is 2.17. The number of nitrogens with zero attached hydrogens (tertiary/aromatic N) is 3. The van der Waals surface area contributed by atoms with Gasteiger partial charge in [0.2, 0.25) is 0 Å². The SMILES string of the molecule is CCCCCC(S)n1ccnn1. The highest BCUT2D eigenvalue weighted by molar-refractivity contribution is 7.80. The van der Waals surface area contributed by atoms with E-state index in [2.05, 4.69) is 29.9 Å². The lowest BCUT2D eigenvalue weighted by molar-refractivity contribution is 0.517. The van der Waals surface area contributed by atoms with Gasteiger partial charge in [-0.15, -0.1) is 5.10 Å². The van der Waals surface area contributed by atoms with Crippen LogP contribution in [0.4, 0.5) is 0 Å². The Bertz CT molecular complexity index is 198. The number of thiol groups is 1. The predicted molar refractivity (Wildman–Crippen MR) is 52.2 cm³/mol.